The van der Waals surface area contributed by atoms with Crippen molar-refractivity contribution in [3.63, 3.8) is 0 Å². The number of halogens is 1. The maximum atomic E-state index is 12.7. The number of hydrogen-bond acceptors (Lipinski definition) is 1. The van der Waals surface area contributed by atoms with Crippen molar-refractivity contribution in [3.05, 3.63) is 65.5 Å². The van der Waals surface area contributed by atoms with Gasteiger partial charge in [-0.15, -0.1) is 0 Å². The fraction of sp³-hybridized carbons (Fsp3) is 0.235. The van der Waals surface area contributed by atoms with Crippen LogP contribution in [0.3, 0.4) is 0 Å². The summed E-state index contributed by atoms with van der Waals surface area (Å²) in [6, 6.07) is 14.4. The van der Waals surface area contributed by atoms with Gasteiger partial charge in [0.2, 0.25) is 0 Å². The van der Waals surface area contributed by atoms with E-state index >= 15 is 0 Å². The van der Waals surface area contributed by atoms with Crippen LogP contribution >= 0.6 is 0 Å². The van der Waals surface area contributed by atoms with Crippen LogP contribution in [0.1, 0.15) is 30.9 Å². The first kappa shape index (κ1) is 16.3. The second-order valence-electron chi connectivity index (χ2n) is 4.64. The van der Waals surface area contributed by atoms with E-state index in [1.54, 1.807) is 12.1 Å². The third-order valence-corrected chi connectivity index (χ3v) is 2.87. The molecule has 0 heterocycles. The Kier molecular flexibility index (Phi) is 6.83. The Bertz CT molecular complexity index is 506. The summed E-state index contributed by atoms with van der Waals surface area (Å²) in [5.74, 6) is 1.14. The fourth-order valence-corrected chi connectivity index (χ4v) is 1.70. The van der Waals surface area contributed by atoms with Gasteiger partial charge in [-0.25, -0.2) is 4.39 Å². The first-order chi connectivity index (χ1) is 9.65. The first-order valence-electron chi connectivity index (χ1n) is 6.62. The SMILES string of the molecule is CC(C)c1ccc(OCc2ccc(F)cc2)cc1.[Be]=[CH2]. The van der Waals surface area contributed by atoms with E-state index in [0.717, 1.165) is 11.3 Å². The Morgan fingerprint density at radius 1 is 1.00 bits per heavy atom. The van der Waals surface area contributed by atoms with Crippen molar-refractivity contribution in [1.29, 1.82) is 0 Å². The molecule has 0 saturated heterocycles. The van der Waals surface area contributed by atoms with Gasteiger partial charge in [-0.3, -0.25) is 0 Å². The van der Waals surface area contributed by atoms with E-state index < -0.39 is 0 Å². The Morgan fingerprint density at radius 3 is 2.05 bits per heavy atom. The van der Waals surface area contributed by atoms with Crippen LogP contribution in [0.15, 0.2) is 48.5 Å². The molecule has 0 spiro atoms. The Hall–Kier alpha value is -1.79. The molecule has 3 heteroatoms. The van der Waals surface area contributed by atoms with Gasteiger partial charge in [0.15, 0.2) is 0 Å². The van der Waals surface area contributed by atoms with Gasteiger partial charge in [-0.2, -0.15) is 0 Å². The van der Waals surface area contributed by atoms with Crippen LogP contribution in [-0.4, -0.2) is 15.3 Å². The normalized spacial score (nSPS) is 9.90. The summed E-state index contributed by atoms with van der Waals surface area (Å²) in [5, 5.41) is 0. The molecule has 0 atom stereocenters. The van der Waals surface area contributed by atoms with Crippen molar-refractivity contribution in [3.8, 4) is 5.75 Å². The van der Waals surface area contributed by atoms with Crippen LogP contribution in [-0.2, 0) is 6.61 Å². The minimum atomic E-state index is -0.222. The second-order valence-corrected chi connectivity index (χ2v) is 4.64. The van der Waals surface area contributed by atoms with Crippen molar-refractivity contribution in [1.82, 2.24) is 0 Å². The topological polar surface area (TPSA) is 9.23 Å². The fourth-order valence-electron chi connectivity index (χ4n) is 1.70. The van der Waals surface area contributed by atoms with Gasteiger partial charge in [-0.1, -0.05) is 38.1 Å². The summed E-state index contributed by atoms with van der Waals surface area (Å²) >= 11 is 0. The zero-order valence-corrected chi connectivity index (χ0v) is 12.1. The van der Waals surface area contributed by atoms with Crippen molar-refractivity contribution in [2.45, 2.75) is 26.4 Å². The number of benzene rings is 2. The molecule has 2 aromatic rings. The molecule has 0 bridgehead atoms. The molecule has 0 unspecified atom stereocenters. The van der Waals surface area contributed by atoms with Gasteiger partial charge < -0.3 is 4.74 Å². The molecule has 20 heavy (non-hydrogen) atoms. The van der Waals surface area contributed by atoms with Gasteiger partial charge in [0.25, 0.3) is 0 Å². The van der Waals surface area contributed by atoms with Crippen LogP contribution in [0.25, 0.3) is 0 Å². The quantitative estimate of drug-likeness (QED) is 0.757. The Morgan fingerprint density at radius 2 is 1.55 bits per heavy atom. The van der Waals surface area contributed by atoms with E-state index in [9.17, 15) is 4.39 Å². The molecule has 0 radical (unpaired) electrons. The van der Waals surface area contributed by atoms with Crippen molar-refractivity contribution < 1.29 is 9.13 Å². The summed E-state index contributed by atoms with van der Waals surface area (Å²) < 4.78 is 18.4. The summed E-state index contributed by atoms with van der Waals surface area (Å²) in [6.07, 6.45) is 3.00. The van der Waals surface area contributed by atoms with Gasteiger partial charge in [-0.05, 0) is 41.3 Å². The maximum absolute atomic E-state index is 12.7. The molecule has 0 fully saturated rings. The van der Waals surface area contributed by atoms with E-state index in [1.807, 2.05) is 12.1 Å². The van der Waals surface area contributed by atoms with Crippen LogP contribution in [0.2, 0.25) is 0 Å². The summed E-state index contributed by atoms with van der Waals surface area (Å²) in [5.41, 5.74) is 2.26. The Balaban J connectivity index is 0.000000956. The predicted octanol–water partition coefficient (Wildman–Crippen LogP) is 4.12. The molecular weight excluding hydrogens is 248 g/mol. The predicted molar refractivity (Wildman–Crippen MR) is 84.1 cm³/mol. The molecule has 0 aliphatic rings. The second kappa shape index (κ2) is 8.39. The van der Waals surface area contributed by atoms with Crippen LogP contribution < -0.4 is 4.74 Å². The van der Waals surface area contributed by atoms with Gasteiger partial charge >= 0.3 is 15.3 Å². The molecule has 2 rings (SSSR count). The van der Waals surface area contributed by atoms with E-state index in [1.165, 1.54) is 17.7 Å². The summed E-state index contributed by atoms with van der Waals surface area (Å²) in [6.45, 7) is 4.78. The zero-order chi connectivity index (χ0) is 15.0. The van der Waals surface area contributed by atoms with Gasteiger partial charge in [0.05, 0.1) is 0 Å². The van der Waals surface area contributed by atoms with Crippen molar-refractivity contribution >= 4 is 15.3 Å². The third kappa shape index (κ3) is 5.06. The van der Waals surface area contributed by atoms with Crippen LogP contribution in [0.4, 0.5) is 4.39 Å². The molecule has 0 saturated carbocycles. The molecule has 0 aliphatic heterocycles. The van der Waals surface area contributed by atoms with E-state index in [4.69, 9.17) is 4.74 Å². The van der Waals surface area contributed by atoms with E-state index in [2.05, 4.69) is 41.3 Å². The molecule has 102 valence electrons. The average molecular weight is 267 g/mol. The molecule has 0 aliphatic carbocycles. The molecule has 2 aromatic carbocycles. The molecule has 0 aromatic heterocycles. The van der Waals surface area contributed by atoms with Crippen molar-refractivity contribution in [2.24, 2.45) is 0 Å². The van der Waals surface area contributed by atoms with Crippen molar-refractivity contribution in [2.75, 3.05) is 0 Å². The number of rotatable bonds is 4. The number of hydrogen-bond donors (Lipinski definition) is 0. The average Bonchev–Trinajstić information content (AvgIpc) is 2.49. The Labute approximate surface area is 122 Å². The molecule has 0 amide bonds. The van der Waals surface area contributed by atoms with Gasteiger partial charge in [0, 0.05) is 0 Å². The van der Waals surface area contributed by atoms with E-state index in [0.29, 0.717) is 12.5 Å². The molecule has 0 N–H and O–H groups in total. The van der Waals surface area contributed by atoms with E-state index in [-0.39, 0.29) is 5.82 Å². The first-order valence-corrected chi connectivity index (χ1v) is 6.62. The molecular formula is C17H19BeFO. The summed E-state index contributed by atoms with van der Waals surface area (Å²) in [4.78, 5) is 0. The third-order valence-electron chi connectivity index (χ3n) is 2.87. The van der Waals surface area contributed by atoms with Crippen LogP contribution in [0.5, 0.6) is 5.75 Å². The standard InChI is InChI=1S/C16H17FO.CH2.Be/c1-12(2)14-5-9-16(10-6-14)18-11-13-3-7-15(17)8-4-13;;/h3-10,12H,11H2,1-2H3;1H2;. The van der Waals surface area contributed by atoms with Gasteiger partial charge in [0.1, 0.15) is 18.2 Å². The monoisotopic (exact) mass is 267 g/mol. The zero-order valence-electron chi connectivity index (χ0n) is 12.1. The molecule has 1 nitrogen and oxygen atoms in total. The number of ether oxygens (including phenoxy) is 1. The van der Waals surface area contributed by atoms with Crippen LogP contribution in [0, 0.1) is 5.82 Å². The summed E-state index contributed by atoms with van der Waals surface area (Å²) in [7, 11) is 3.00. The minimum absolute atomic E-state index is 0.222.